The number of morpholine rings is 1. The number of sulfonamides is 1. The third kappa shape index (κ3) is 4.90. The Labute approximate surface area is 173 Å². The Morgan fingerprint density at radius 3 is 2.63 bits per heavy atom. The van der Waals surface area contributed by atoms with E-state index in [-0.39, 0.29) is 29.5 Å². The van der Waals surface area contributed by atoms with Crippen LogP contribution in [0.5, 0.6) is 0 Å². The zero-order valence-electron chi connectivity index (χ0n) is 16.2. The van der Waals surface area contributed by atoms with E-state index in [0.29, 0.717) is 24.5 Å². The summed E-state index contributed by atoms with van der Waals surface area (Å²) in [4.78, 5) is 31.7. The van der Waals surface area contributed by atoms with E-state index in [4.69, 9.17) is 15.2 Å². The molecule has 0 bridgehead atoms. The molecule has 0 atom stereocenters. The number of nitrogens with one attached hydrogen (secondary N) is 1. The molecule has 3 rings (SSSR count). The Morgan fingerprint density at radius 1 is 1.23 bits per heavy atom. The molecule has 0 spiro atoms. The van der Waals surface area contributed by atoms with E-state index in [1.807, 2.05) is 0 Å². The molecule has 0 unspecified atom stereocenters. The van der Waals surface area contributed by atoms with Crippen LogP contribution in [0.1, 0.15) is 16.1 Å². The van der Waals surface area contributed by atoms with Gasteiger partial charge in [-0.1, -0.05) is 6.07 Å². The van der Waals surface area contributed by atoms with E-state index in [0.717, 1.165) is 0 Å². The molecule has 1 aliphatic rings. The van der Waals surface area contributed by atoms with Gasteiger partial charge >= 0.3 is 5.97 Å². The maximum absolute atomic E-state index is 12.8. The molecular weight excluding hydrogens is 414 g/mol. The van der Waals surface area contributed by atoms with Crippen LogP contribution in [0.3, 0.4) is 0 Å². The number of aryl methyl sites for hydroxylation is 1. The van der Waals surface area contributed by atoms with Crippen molar-refractivity contribution in [2.24, 2.45) is 0 Å². The number of nitrogen functional groups attached to an aromatic ring is 1. The molecule has 1 aromatic carbocycles. The largest absolute Gasteiger partial charge is 0.451 e. The SMILES string of the molecule is Cc1ccc(S(=O)(=O)N2CCOCC2)cc1NC(=O)COC(=O)c1nccnc1N. The first-order valence-corrected chi connectivity index (χ1v) is 10.4. The van der Waals surface area contributed by atoms with E-state index in [1.165, 1.54) is 28.8 Å². The number of esters is 1. The minimum absolute atomic E-state index is 0.0506. The highest BCUT2D eigenvalue weighted by Crippen LogP contribution is 2.23. The van der Waals surface area contributed by atoms with Crippen LogP contribution in [0.25, 0.3) is 0 Å². The molecule has 1 fully saturated rings. The van der Waals surface area contributed by atoms with Crippen LogP contribution in [0.15, 0.2) is 35.5 Å². The number of benzene rings is 1. The topological polar surface area (TPSA) is 154 Å². The maximum Gasteiger partial charge on any atom is 0.361 e. The predicted octanol–water partition coefficient (Wildman–Crippen LogP) is 0.184. The smallest absolute Gasteiger partial charge is 0.361 e. The number of anilines is 2. The second kappa shape index (κ2) is 9.15. The first kappa shape index (κ1) is 21.6. The fourth-order valence-corrected chi connectivity index (χ4v) is 4.16. The fourth-order valence-electron chi connectivity index (χ4n) is 2.72. The summed E-state index contributed by atoms with van der Waals surface area (Å²) >= 11 is 0. The standard InChI is InChI=1S/C18H21N5O6S/c1-12-2-3-13(30(26,27)23-6-8-28-9-7-23)10-14(12)22-15(24)11-29-18(25)16-17(19)21-5-4-20-16/h2-5,10H,6-9,11H2,1H3,(H2,19,21)(H,22,24). The molecule has 3 N–H and O–H groups in total. The van der Waals surface area contributed by atoms with Crippen LogP contribution in [-0.2, 0) is 24.3 Å². The average molecular weight is 435 g/mol. The second-order valence-electron chi connectivity index (χ2n) is 6.41. The highest BCUT2D eigenvalue weighted by molar-refractivity contribution is 7.89. The highest BCUT2D eigenvalue weighted by atomic mass is 32.2. The maximum atomic E-state index is 12.8. The molecule has 11 nitrogen and oxygen atoms in total. The van der Waals surface area contributed by atoms with Crippen molar-refractivity contribution in [1.82, 2.24) is 14.3 Å². The zero-order valence-corrected chi connectivity index (χ0v) is 17.0. The Morgan fingerprint density at radius 2 is 1.93 bits per heavy atom. The van der Waals surface area contributed by atoms with Crippen LogP contribution >= 0.6 is 0 Å². The number of rotatable bonds is 6. The van der Waals surface area contributed by atoms with Crippen molar-refractivity contribution in [3.63, 3.8) is 0 Å². The van der Waals surface area contributed by atoms with Crippen molar-refractivity contribution in [3.8, 4) is 0 Å². The molecule has 0 radical (unpaired) electrons. The quantitative estimate of drug-likeness (QED) is 0.605. The van der Waals surface area contributed by atoms with Crippen molar-refractivity contribution in [3.05, 3.63) is 41.9 Å². The van der Waals surface area contributed by atoms with E-state index in [2.05, 4.69) is 15.3 Å². The summed E-state index contributed by atoms with van der Waals surface area (Å²) in [5, 5.41) is 2.56. The van der Waals surface area contributed by atoms with Gasteiger partial charge in [0.25, 0.3) is 5.91 Å². The van der Waals surface area contributed by atoms with E-state index >= 15 is 0 Å². The van der Waals surface area contributed by atoms with Gasteiger partial charge in [-0.15, -0.1) is 0 Å². The van der Waals surface area contributed by atoms with Crippen molar-refractivity contribution in [2.75, 3.05) is 44.0 Å². The first-order valence-electron chi connectivity index (χ1n) is 9.01. The normalized spacial score (nSPS) is 14.8. The van der Waals surface area contributed by atoms with E-state index in [1.54, 1.807) is 13.0 Å². The summed E-state index contributed by atoms with van der Waals surface area (Å²) in [6, 6.07) is 4.45. The van der Waals surface area contributed by atoms with Gasteiger partial charge in [-0.2, -0.15) is 4.31 Å². The molecule has 2 heterocycles. The monoisotopic (exact) mass is 435 g/mol. The van der Waals surface area contributed by atoms with Gasteiger partial charge in [-0.25, -0.2) is 23.2 Å². The van der Waals surface area contributed by atoms with Gasteiger partial charge in [0.1, 0.15) is 0 Å². The molecule has 30 heavy (non-hydrogen) atoms. The highest BCUT2D eigenvalue weighted by Gasteiger charge is 2.27. The fraction of sp³-hybridized carbons (Fsp3) is 0.333. The number of hydrogen-bond acceptors (Lipinski definition) is 9. The number of carbonyl (C=O) groups is 2. The number of hydrogen-bond donors (Lipinski definition) is 2. The van der Waals surface area contributed by atoms with Crippen molar-refractivity contribution in [2.45, 2.75) is 11.8 Å². The number of amides is 1. The van der Waals surface area contributed by atoms with Gasteiger partial charge in [0, 0.05) is 31.2 Å². The second-order valence-corrected chi connectivity index (χ2v) is 8.35. The molecule has 1 amide bonds. The van der Waals surface area contributed by atoms with Gasteiger partial charge in [0.15, 0.2) is 18.1 Å². The van der Waals surface area contributed by atoms with Gasteiger partial charge in [-0.3, -0.25) is 4.79 Å². The Kier molecular flexibility index (Phi) is 6.59. The first-order chi connectivity index (χ1) is 14.3. The molecule has 1 saturated heterocycles. The van der Waals surface area contributed by atoms with Gasteiger partial charge in [-0.05, 0) is 24.6 Å². The molecule has 1 aliphatic heterocycles. The van der Waals surface area contributed by atoms with Crippen molar-refractivity contribution < 1.29 is 27.5 Å². The van der Waals surface area contributed by atoms with Crippen LogP contribution in [0.4, 0.5) is 11.5 Å². The van der Waals surface area contributed by atoms with E-state index < -0.39 is 28.5 Å². The Balaban J connectivity index is 1.67. The number of aromatic nitrogens is 2. The Bertz CT molecular complexity index is 1050. The van der Waals surface area contributed by atoms with Gasteiger partial charge < -0.3 is 20.5 Å². The van der Waals surface area contributed by atoms with E-state index in [9.17, 15) is 18.0 Å². The lowest BCUT2D eigenvalue weighted by molar-refractivity contribution is -0.119. The average Bonchev–Trinajstić information content (AvgIpc) is 2.74. The minimum atomic E-state index is -3.72. The molecular formula is C18H21N5O6S. The lowest BCUT2D eigenvalue weighted by atomic mass is 10.2. The number of nitrogens with two attached hydrogens (primary N) is 1. The molecule has 160 valence electrons. The summed E-state index contributed by atoms with van der Waals surface area (Å²) in [5.41, 5.74) is 6.29. The molecule has 1 aromatic heterocycles. The molecule has 0 saturated carbocycles. The zero-order chi connectivity index (χ0) is 21.7. The summed E-state index contributed by atoms with van der Waals surface area (Å²) in [5.74, 6) is -1.65. The van der Waals surface area contributed by atoms with Crippen molar-refractivity contribution >= 4 is 33.4 Å². The number of nitrogens with zero attached hydrogens (tertiary/aromatic N) is 3. The van der Waals surface area contributed by atoms with Crippen LogP contribution in [0.2, 0.25) is 0 Å². The Hall–Kier alpha value is -3.09. The molecule has 12 heteroatoms. The van der Waals surface area contributed by atoms with Crippen LogP contribution in [0, 0.1) is 6.92 Å². The van der Waals surface area contributed by atoms with Crippen LogP contribution in [-0.4, -0.2) is 67.5 Å². The summed E-state index contributed by atoms with van der Waals surface area (Å²) in [6.07, 6.45) is 2.59. The minimum Gasteiger partial charge on any atom is -0.451 e. The van der Waals surface area contributed by atoms with Crippen molar-refractivity contribution in [1.29, 1.82) is 0 Å². The number of ether oxygens (including phenoxy) is 2. The summed E-state index contributed by atoms with van der Waals surface area (Å²) < 4.78 is 37.0. The lowest BCUT2D eigenvalue weighted by Crippen LogP contribution is -2.40. The molecule has 2 aromatic rings. The predicted molar refractivity (Wildman–Crippen MR) is 106 cm³/mol. The summed E-state index contributed by atoms with van der Waals surface area (Å²) in [6.45, 7) is 2.30. The number of carbonyl (C=O) groups excluding carboxylic acids is 2. The lowest BCUT2D eigenvalue weighted by Gasteiger charge is -2.26. The molecule has 0 aliphatic carbocycles. The third-order valence-corrected chi connectivity index (χ3v) is 6.24. The summed E-state index contributed by atoms with van der Waals surface area (Å²) in [7, 11) is -3.72. The van der Waals surface area contributed by atoms with Gasteiger partial charge in [0.2, 0.25) is 10.0 Å². The van der Waals surface area contributed by atoms with Gasteiger partial charge in [0.05, 0.1) is 18.1 Å². The van der Waals surface area contributed by atoms with Crippen LogP contribution < -0.4 is 11.1 Å². The third-order valence-electron chi connectivity index (χ3n) is 4.35.